The van der Waals surface area contributed by atoms with E-state index in [4.69, 9.17) is 24.5 Å². The second kappa shape index (κ2) is 13.6. The zero-order valence-corrected chi connectivity index (χ0v) is 20.1. The Balaban J connectivity index is 0.000000383. The number of nitrogens with zero attached hydrogens (tertiary/aromatic N) is 3. The lowest BCUT2D eigenvalue weighted by Crippen LogP contribution is -2.34. The molecule has 0 aromatic carbocycles. The molecule has 0 unspecified atom stereocenters. The van der Waals surface area contributed by atoms with Crippen LogP contribution < -0.4 is 4.74 Å². The molecule has 1 saturated carbocycles. The van der Waals surface area contributed by atoms with Gasteiger partial charge >= 0.3 is 24.3 Å². The van der Waals surface area contributed by atoms with Crippen LogP contribution in [0.4, 0.5) is 26.3 Å². The van der Waals surface area contributed by atoms with Gasteiger partial charge in [0, 0.05) is 38.4 Å². The molecule has 0 radical (unpaired) electrons. The molecule has 0 bridgehead atoms. The highest BCUT2D eigenvalue weighted by molar-refractivity contribution is 5.73. The Hall–Kier alpha value is -2.61. The minimum absolute atomic E-state index is 0.699. The highest BCUT2D eigenvalue weighted by atomic mass is 19.4. The summed E-state index contributed by atoms with van der Waals surface area (Å²) in [5.74, 6) is -2.13. The maximum absolute atomic E-state index is 10.6. The second-order valence-electron chi connectivity index (χ2n) is 8.89. The molecule has 3 rings (SSSR count). The number of hydrogen-bond acceptors (Lipinski definition) is 6. The highest BCUT2D eigenvalue weighted by Gasteiger charge is 2.40. The summed E-state index contributed by atoms with van der Waals surface area (Å²) in [6.45, 7) is 4.80. The zero-order chi connectivity index (χ0) is 27.7. The summed E-state index contributed by atoms with van der Waals surface area (Å²) in [5, 5.41) is 14.2. The first-order chi connectivity index (χ1) is 16.5. The number of ether oxygens (including phenoxy) is 1. The molecule has 1 aromatic rings. The molecule has 206 valence electrons. The van der Waals surface area contributed by atoms with E-state index >= 15 is 0 Å². The van der Waals surface area contributed by atoms with Crippen LogP contribution in [0.1, 0.15) is 24.8 Å². The van der Waals surface area contributed by atoms with Crippen LogP contribution in [0.3, 0.4) is 0 Å². The van der Waals surface area contributed by atoms with Crippen molar-refractivity contribution in [3.8, 4) is 5.88 Å². The van der Waals surface area contributed by atoms with Gasteiger partial charge < -0.3 is 19.8 Å². The number of likely N-dealkylation sites (tertiary alicyclic amines) is 1. The summed E-state index contributed by atoms with van der Waals surface area (Å²) in [6, 6.07) is 4.11. The number of carbonyl (C=O) groups is 2. The van der Waals surface area contributed by atoms with Crippen molar-refractivity contribution < 1.29 is 50.9 Å². The SMILES string of the molecule is COc1ccc(CN2C[C@H]3CCC[C@@H](CN(C)C)[C@H]3C2)cn1.O=C(O)C(F)(F)F.O=C(O)C(F)(F)F. The summed E-state index contributed by atoms with van der Waals surface area (Å²) in [7, 11) is 6.08. The van der Waals surface area contributed by atoms with E-state index in [1.165, 1.54) is 44.5 Å². The van der Waals surface area contributed by atoms with Gasteiger partial charge in [-0.2, -0.15) is 26.3 Å². The summed E-state index contributed by atoms with van der Waals surface area (Å²) in [5.41, 5.74) is 1.30. The summed E-state index contributed by atoms with van der Waals surface area (Å²) >= 11 is 0. The number of halogens is 6. The molecule has 2 fully saturated rings. The Morgan fingerprint density at radius 1 is 1.06 bits per heavy atom. The smallest absolute Gasteiger partial charge is 0.481 e. The largest absolute Gasteiger partial charge is 0.490 e. The van der Waals surface area contributed by atoms with Crippen molar-refractivity contribution in [3.63, 3.8) is 0 Å². The molecule has 2 heterocycles. The fourth-order valence-corrected chi connectivity index (χ4v) is 4.39. The van der Waals surface area contributed by atoms with Gasteiger partial charge in [0.25, 0.3) is 0 Å². The lowest BCUT2D eigenvalue weighted by Gasteiger charge is -2.34. The number of fused-ring (bicyclic) bond motifs is 1. The molecule has 0 amide bonds. The number of carboxylic acid groups (broad SMARTS) is 2. The van der Waals surface area contributed by atoms with Crippen molar-refractivity contribution in [1.29, 1.82) is 0 Å². The number of methoxy groups -OCH3 is 1. The highest BCUT2D eigenvalue weighted by Crippen LogP contribution is 2.40. The van der Waals surface area contributed by atoms with Crippen molar-refractivity contribution in [2.75, 3.05) is 40.8 Å². The van der Waals surface area contributed by atoms with Gasteiger partial charge in [-0.25, -0.2) is 14.6 Å². The third-order valence-electron chi connectivity index (χ3n) is 5.82. The van der Waals surface area contributed by atoms with Crippen LogP contribution in [0.5, 0.6) is 5.88 Å². The number of carboxylic acids is 2. The van der Waals surface area contributed by atoms with Crippen molar-refractivity contribution in [1.82, 2.24) is 14.8 Å². The van der Waals surface area contributed by atoms with E-state index in [9.17, 15) is 26.3 Å². The second-order valence-corrected chi connectivity index (χ2v) is 8.89. The van der Waals surface area contributed by atoms with Crippen molar-refractivity contribution in [2.45, 2.75) is 38.2 Å². The van der Waals surface area contributed by atoms with Gasteiger partial charge in [-0.05, 0) is 50.3 Å². The minimum Gasteiger partial charge on any atom is -0.481 e. The number of alkyl halides is 6. The minimum atomic E-state index is -5.08. The Bertz CT molecular complexity index is 809. The van der Waals surface area contributed by atoms with E-state index in [2.05, 4.69) is 34.9 Å². The molecule has 2 N–H and O–H groups in total. The number of pyridine rings is 1. The topological polar surface area (TPSA) is 103 Å². The Kier molecular flexibility index (Phi) is 11.9. The van der Waals surface area contributed by atoms with Gasteiger partial charge in [-0.15, -0.1) is 0 Å². The lowest BCUT2D eigenvalue weighted by molar-refractivity contribution is -0.193. The standard InChI is InChI=1S/C18H29N3O.2C2HF3O2/c1-20(2)11-15-5-4-6-16-12-21(13-17(15)16)10-14-7-8-18(22-3)19-9-14;2*3-2(4,5)1(6)7/h7-9,15-17H,4-6,10-13H2,1-3H3;2*(H,6,7)/t15-,16+,17+;;/m0../s1. The molecule has 1 aliphatic heterocycles. The predicted octanol–water partition coefficient (Wildman–Crippen LogP) is 3.77. The van der Waals surface area contributed by atoms with Crippen LogP contribution in [0.25, 0.3) is 0 Å². The third-order valence-corrected chi connectivity index (χ3v) is 5.82. The van der Waals surface area contributed by atoms with E-state index in [1.807, 2.05) is 12.3 Å². The number of hydrogen-bond donors (Lipinski definition) is 2. The third kappa shape index (κ3) is 11.0. The Labute approximate surface area is 204 Å². The maximum Gasteiger partial charge on any atom is 0.490 e. The number of aromatic nitrogens is 1. The van der Waals surface area contributed by atoms with Gasteiger partial charge in [0.15, 0.2) is 0 Å². The normalized spacial score (nSPS) is 22.0. The van der Waals surface area contributed by atoms with E-state index in [-0.39, 0.29) is 0 Å². The van der Waals surface area contributed by atoms with Gasteiger partial charge in [0.1, 0.15) is 0 Å². The van der Waals surface area contributed by atoms with Crippen molar-refractivity contribution >= 4 is 11.9 Å². The average molecular weight is 531 g/mol. The quantitative estimate of drug-likeness (QED) is 0.554. The summed E-state index contributed by atoms with van der Waals surface area (Å²) < 4.78 is 68.6. The lowest BCUT2D eigenvalue weighted by atomic mass is 9.74. The molecule has 2 aliphatic rings. The van der Waals surface area contributed by atoms with E-state index < -0.39 is 24.3 Å². The van der Waals surface area contributed by atoms with Gasteiger partial charge in [-0.1, -0.05) is 12.5 Å². The van der Waals surface area contributed by atoms with Crippen LogP contribution in [-0.4, -0.2) is 90.1 Å². The molecule has 1 aliphatic carbocycles. The number of aliphatic carboxylic acids is 2. The molecular weight excluding hydrogens is 500 g/mol. The van der Waals surface area contributed by atoms with Crippen molar-refractivity contribution in [2.24, 2.45) is 17.8 Å². The molecule has 8 nitrogen and oxygen atoms in total. The van der Waals surface area contributed by atoms with Gasteiger partial charge in [0.05, 0.1) is 7.11 Å². The fraction of sp³-hybridized carbons (Fsp3) is 0.682. The Morgan fingerprint density at radius 2 is 1.61 bits per heavy atom. The van der Waals surface area contributed by atoms with Crippen LogP contribution in [-0.2, 0) is 16.1 Å². The Morgan fingerprint density at radius 3 is 2.03 bits per heavy atom. The molecule has 3 atom stereocenters. The van der Waals surface area contributed by atoms with Crippen molar-refractivity contribution in [3.05, 3.63) is 23.9 Å². The van der Waals surface area contributed by atoms with E-state index in [0.717, 1.165) is 24.3 Å². The van der Waals surface area contributed by atoms with Crippen LogP contribution in [0.15, 0.2) is 18.3 Å². The first kappa shape index (κ1) is 31.4. The van der Waals surface area contributed by atoms with Crippen LogP contribution >= 0.6 is 0 Å². The van der Waals surface area contributed by atoms with Crippen LogP contribution in [0, 0.1) is 17.8 Å². The molecule has 36 heavy (non-hydrogen) atoms. The molecule has 14 heteroatoms. The van der Waals surface area contributed by atoms with E-state index in [0.29, 0.717) is 5.88 Å². The molecule has 1 saturated heterocycles. The predicted molar refractivity (Wildman–Crippen MR) is 116 cm³/mol. The first-order valence-corrected chi connectivity index (χ1v) is 11.0. The van der Waals surface area contributed by atoms with Crippen LogP contribution in [0.2, 0.25) is 0 Å². The summed E-state index contributed by atoms with van der Waals surface area (Å²) in [4.78, 5) is 27.1. The molecule has 1 aromatic heterocycles. The van der Waals surface area contributed by atoms with Gasteiger partial charge in [0.2, 0.25) is 5.88 Å². The first-order valence-electron chi connectivity index (χ1n) is 11.0. The molecular formula is C22H31F6N3O5. The fourth-order valence-electron chi connectivity index (χ4n) is 4.39. The number of rotatable bonds is 5. The zero-order valence-electron chi connectivity index (χ0n) is 20.1. The maximum atomic E-state index is 10.6. The monoisotopic (exact) mass is 531 g/mol. The summed E-state index contributed by atoms with van der Waals surface area (Å²) in [6.07, 6.45) is -3.96. The average Bonchev–Trinajstić information content (AvgIpc) is 3.17. The van der Waals surface area contributed by atoms with E-state index in [1.54, 1.807) is 7.11 Å². The molecule has 0 spiro atoms. The van der Waals surface area contributed by atoms with Gasteiger partial charge in [-0.3, -0.25) is 4.90 Å².